The Bertz CT molecular complexity index is 408. The van der Waals surface area contributed by atoms with Crippen LogP contribution in [0, 0.1) is 0 Å². The van der Waals surface area contributed by atoms with E-state index in [4.69, 9.17) is 48.9 Å². The van der Waals surface area contributed by atoms with Crippen LogP contribution in [0.25, 0.3) is 0 Å². The molecule has 1 aromatic rings. The van der Waals surface area contributed by atoms with Crippen molar-refractivity contribution in [1.82, 2.24) is 0 Å². The van der Waals surface area contributed by atoms with Crippen molar-refractivity contribution in [1.29, 1.82) is 0 Å². The minimum absolute atomic E-state index is 0.827. The molecule has 0 N–H and O–H groups in total. The topological polar surface area (TPSA) is 0 Å². The summed E-state index contributed by atoms with van der Waals surface area (Å²) in [5.74, 6) is 0. The fourth-order valence-corrected chi connectivity index (χ4v) is 4.12. The zero-order valence-corrected chi connectivity index (χ0v) is 14.1. The van der Waals surface area contributed by atoms with E-state index in [1.807, 2.05) is 0 Å². The molecule has 0 atom stereocenters. The fourth-order valence-electron chi connectivity index (χ4n) is 1.22. The Morgan fingerprint density at radius 1 is 0.562 bits per heavy atom. The standard InChI is InChI=1S/C10H4Br2S4/c11-9-5(1-13)6(2-14)10(12)8(4-16)7(9)3-15/h1-4H. The van der Waals surface area contributed by atoms with Gasteiger partial charge in [-0.05, 0) is 31.9 Å². The molecule has 0 spiro atoms. The van der Waals surface area contributed by atoms with Crippen molar-refractivity contribution in [3.05, 3.63) is 31.2 Å². The van der Waals surface area contributed by atoms with E-state index in [1.54, 1.807) is 21.5 Å². The van der Waals surface area contributed by atoms with Crippen LogP contribution in [0.4, 0.5) is 0 Å². The minimum Gasteiger partial charge on any atom is -0.0880 e. The highest BCUT2D eigenvalue weighted by Crippen LogP contribution is 2.32. The van der Waals surface area contributed by atoms with Crippen molar-refractivity contribution in [2.45, 2.75) is 0 Å². The second-order valence-electron chi connectivity index (χ2n) is 2.75. The van der Waals surface area contributed by atoms with Crippen LogP contribution in [0.5, 0.6) is 0 Å². The highest BCUT2D eigenvalue weighted by Gasteiger charge is 2.16. The molecular formula is C10H4Br2S4. The third kappa shape index (κ3) is 2.52. The lowest BCUT2D eigenvalue weighted by Crippen LogP contribution is -2.03. The first-order valence-corrected chi connectivity index (χ1v) is 7.45. The molecule has 0 bridgehead atoms. The molecule has 0 aromatic heterocycles. The van der Waals surface area contributed by atoms with E-state index < -0.39 is 0 Å². The summed E-state index contributed by atoms with van der Waals surface area (Å²) >= 11 is 26.9. The summed E-state index contributed by atoms with van der Waals surface area (Å²) in [6, 6.07) is 0. The second-order valence-corrected chi connectivity index (χ2v) is 5.28. The van der Waals surface area contributed by atoms with Crippen molar-refractivity contribution in [2.24, 2.45) is 0 Å². The van der Waals surface area contributed by atoms with Gasteiger partial charge in [0.2, 0.25) is 0 Å². The van der Waals surface area contributed by atoms with Gasteiger partial charge in [0.05, 0.1) is 0 Å². The molecule has 0 radical (unpaired) electrons. The van der Waals surface area contributed by atoms with Gasteiger partial charge in [0.25, 0.3) is 0 Å². The Morgan fingerprint density at radius 2 is 0.750 bits per heavy atom. The number of halogens is 2. The molecule has 1 rings (SSSR count). The van der Waals surface area contributed by atoms with Crippen molar-refractivity contribution in [3.63, 3.8) is 0 Å². The molecule has 1 aromatic carbocycles. The molecule has 0 aliphatic carbocycles. The summed E-state index contributed by atoms with van der Waals surface area (Å²) < 4.78 is 1.65. The lowest BCUT2D eigenvalue weighted by molar-refractivity contribution is 1.52. The summed E-state index contributed by atoms with van der Waals surface area (Å²) in [6.45, 7) is 0. The van der Waals surface area contributed by atoms with Gasteiger partial charge in [-0.15, -0.1) is 0 Å². The molecular weight excluding hydrogens is 408 g/mol. The highest BCUT2D eigenvalue weighted by molar-refractivity contribution is 9.11. The molecule has 16 heavy (non-hydrogen) atoms. The molecule has 0 amide bonds. The maximum Gasteiger partial charge on any atom is 0.0350 e. The van der Waals surface area contributed by atoms with E-state index in [1.165, 1.54) is 0 Å². The average molecular weight is 412 g/mol. The molecule has 0 aliphatic rings. The van der Waals surface area contributed by atoms with Crippen molar-refractivity contribution in [2.75, 3.05) is 0 Å². The Balaban J connectivity index is 3.88. The molecule has 0 heterocycles. The first-order chi connectivity index (χ1) is 7.62. The molecule has 0 fully saturated rings. The SMILES string of the molecule is S=Cc1c(Br)c(C=S)c(C=S)c(Br)c1C=S. The van der Waals surface area contributed by atoms with Crippen LogP contribution in [0.3, 0.4) is 0 Å². The molecule has 0 saturated carbocycles. The van der Waals surface area contributed by atoms with Gasteiger partial charge in [-0.25, -0.2) is 0 Å². The molecule has 0 aliphatic heterocycles. The van der Waals surface area contributed by atoms with Crippen LogP contribution in [-0.4, -0.2) is 21.5 Å². The smallest absolute Gasteiger partial charge is 0.0350 e. The van der Waals surface area contributed by atoms with Gasteiger partial charge in [-0.1, -0.05) is 48.9 Å². The Kier molecular flexibility index (Phi) is 5.90. The maximum atomic E-state index is 4.98. The molecule has 0 nitrogen and oxygen atoms in total. The number of benzene rings is 1. The van der Waals surface area contributed by atoms with Crippen LogP contribution < -0.4 is 0 Å². The lowest BCUT2D eigenvalue weighted by Gasteiger charge is -2.13. The summed E-state index contributed by atoms with van der Waals surface area (Å²) in [4.78, 5) is 0. The normalized spacial score (nSPS) is 9.62. The van der Waals surface area contributed by atoms with Crippen molar-refractivity contribution >= 4 is 102 Å². The zero-order chi connectivity index (χ0) is 12.3. The highest BCUT2D eigenvalue weighted by atomic mass is 79.9. The summed E-state index contributed by atoms with van der Waals surface area (Å²) in [6.07, 6.45) is 0. The number of rotatable bonds is 4. The second kappa shape index (κ2) is 6.47. The number of hydrogen-bond donors (Lipinski definition) is 0. The van der Waals surface area contributed by atoms with Crippen LogP contribution in [0.2, 0.25) is 0 Å². The van der Waals surface area contributed by atoms with Crippen LogP contribution in [0.15, 0.2) is 8.95 Å². The van der Waals surface area contributed by atoms with E-state index in [0.29, 0.717) is 0 Å². The average Bonchev–Trinajstić information content (AvgIpc) is 2.30. The predicted octanol–water partition coefficient (Wildman–Crippen LogP) is 4.60. The van der Waals surface area contributed by atoms with Crippen LogP contribution in [0.1, 0.15) is 22.3 Å². The first kappa shape index (κ1) is 14.6. The zero-order valence-electron chi connectivity index (χ0n) is 7.70. The summed E-state index contributed by atoms with van der Waals surface area (Å²) in [5.41, 5.74) is 3.37. The molecule has 0 unspecified atom stereocenters. The molecule has 82 valence electrons. The third-order valence-electron chi connectivity index (χ3n) is 2.00. The Morgan fingerprint density at radius 3 is 0.875 bits per heavy atom. The Hall–Kier alpha value is 0.540. The summed E-state index contributed by atoms with van der Waals surface area (Å²) in [7, 11) is 0. The molecule has 0 saturated heterocycles. The third-order valence-corrected chi connectivity index (χ3v) is 4.65. The van der Waals surface area contributed by atoms with Crippen LogP contribution in [-0.2, 0) is 0 Å². The fraction of sp³-hybridized carbons (Fsp3) is 0. The number of hydrogen-bond acceptors (Lipinski definition) is 4. The van der Waals surface area contributed by atoms with E-state index in [2.05, 4.69) is 31.9 Å². The van der Waals surface area contributed by atoms with Gasteiger partial charge in [-0.3, -0.25) is 0 Å². The van der Waals surface area contributed by atoms with E-state index in [0.717, 1.165) is 31.2 Å². The maximum absolute atomic E-state index is 4.98. The quantitative estimate of drug-likeness (QED) is 0.663. The predicted molar refractivity (Wildman–Crippen MR) is 92.9 cm³/mol. The largest absolute Gasteiger partial charge is 0.0880 e. The van der Waals surface area contributed by atoms with E-state index in [9.17, 15) is 0 Å². The van der Waals surface area contributed by atoms with Gasteiger partial charge in [0, 0.05) is 52.7 Å². The van der Waals surface area contributed by atoms with Gasteiger partial charge in [0.1, 0.15) is 0 Å². The van der Waals surface area contributed by atoms with Gasteiger partial charge in [0.15, 0.2) is 0 Å². The minimum atomic E-state index is 0.827. The van der Waals surface area contributed by atoms with Gasteiger partial charge >= 0.3 is 0 Å². The number of thiocarbonyl (C=S) groups is 4. The van der Waals surface area contributed by atoms with Crippen molar-refractivity contribution < 1.29 is 0 Å². The lowest BCUT2D eigenvalue weighted by atomic mass is 10.0. The monoisotopic (exact) mass is 410 g/mol. The molecule has 6 heteroatoms. The van der Waals surface area contributed by atoms with E-state index in [-0.39, 0.29) is 0 Å². The van der Waals surface area contributed by atoms with Gasteiger partial charge < -0.3 is 0 Å². The summed E-state index contributed by atoms with van der Waals surface area (Å²) in [5, 5.41) is 6.29. The van der Waals surface area contributed by atoms with Gasteiger partial charge in [-0.2, -0.15) is 0 Å². The first-order valence-electron chi connectivity index (χ1n) is 3.98. The van der Waals surface area contributed by atoms with E-state index >= 15 is 0 Å². The van der Waals surface area contributed by atoms with Crippen molar-refractivity contribution in [3.8, 4) is 0 Å². The van der Waals surface area contributed by atoms with Crippen LogP contribution >= 0.6 is 80.7 Å². The Labute approximate surface area is 132 Å².